The number of fused-ring (bicyclic) bond motifs is 1. The summed E-state index contributed by atoms with van der Waals surface area (Å²) in [4.78, 5) is 49.4. The highest BCUT2D eigenvalue weighted by molar-refractivity contribution is 6.01. The lowest BCUT2D eigenvalue weighted by Crippen LogP contribution is -2.40. The highest BCUT2D eigenvalue weighted by Gasteiger charge is 2.16. The van der Waals surface area contributed by atoms with E-state index in [-0.39, 0.29) is 24.4 Å². The Morgan fingerprint density at radius 3 is 2.46 bits per heavy atom. The maximum Gasteiger partial charge on any atom is 0.340 e. The van der Waals surface area contributed by atoms with Crippen LogP contribution in [0.25, 0.3) is 10.9 Å². The number of amides is 1. The Kier molecular flexibility index (Phi) is 5.39. The minimum atomic E-state index is -0.600. The molecule has 8 heteroatoms. The van der Waals surface area contributed by atoms with Crippen molar-refractivity contribution < 1.29 is 14.3 Å². The van der Waals surface area contributed by atoms with Gasteiger partial charge in [-0.05, 0) is 31.2 Å². The van der Waals surface area contributed by atoms with Crippen molar-refractivity contribution in [3.05, 3.63) is 74.9 Å². The Balaban J connectivity index is 1.95. The molecule has 0 saturated heterocycles. The van der Waals surface area contributed by atoms with E-state index in [2.05, 4.69) is 5.32 Å². The maximum absolute atomic E-state index is 12.6. The first kappa shape index (κ1) is 19.1. The molecule has 0 aliphatic carbocycles. The van der Waals surface area contributed by atoms with E-state index in [1.807, 2.05) is 0 Å². The lowest BCUT2D eigenvalue weighted by molar-refractivity contribution is -0.116. The van der Waals surface area contributed by atoms with Crippen LogP contribution in [0.1, 0.15) is 17.3 Å². The molecule has 0 bridgehead atoms. The van der Waals surface area contributed by atoms with E-state index in [4.69, 9.17) is 4.74 Å². The Bertz CT molecular complexity index is 1180. The quantitative estimate of drug-likeness (QED) is 0.676. The summed E-state index contributed by atoms with van der Waals surface area (Å²) in [5.41, 5.74) is -0.157. The summed E-state index contributed by atoms with van der Waals surface area (Å²) >= 11 is 0. The number of rotatable bonds is 5. The minimum Gasteiger partial charge on any atom is -0.462 e. The van der Waals surface area contributed by atoms with Crippen LogP contribution in [0.5, 0.6) is 0 Å². The van der Waals surface area contributed by atoms with Gasteiger partial charge in [0.15, 0.2) is 0 Å². The van der Waals surface area contributed by atoms with E-state index >= 15 is 0 Å². The lowest BCUT2D eigenvalue weighted by atomic mass is 10.2. The molecule has 0 aliphatic heterocycles. The van der Waals surface area contributed by atoms with E-state index < -0.39 is 23.1 Å². The summed E-state index contributed by atoms with van der Waals surface area (Å²) in [6.45, 7) is 1.58. The number of anilines is 1. The van der Waals surface area contributed by atoms with E-state index in [9.17, 15) is 19.2 Å². The fraction of sp³-hybridized carbons (Fsp3) is 0.200. The summed E-state index contributed by atoms with van der Waals surface area (Å²) in [7, 11) is 1.36. The monoisotopic (exact) mass is 381 g/mol. The van der Waals surface area contributed by atoms with Crippen LogP contribution < -0.4 is 16.6 Å². The zero-order valence-corrected chi connectivity index (χ0v) is 15.5. The third kappa shape index (κ3) is 3.57. The van der Waals surface area contributed by atoms with Crippen molar-refractivity contribution in [2.75, 3.05) is 11.9 Å². The molecular formula is C20H19N3O5. The zero-order valence-electron chi connectivity index (χ0n) is 15.5. The van der Waals surface area contributed by atoms with Crippen LogP contribution in [0.4, 0.5) is 5.69 Å². The number of ether oxygens (including phenoxy) is 1. The van der Waals surface area contributed by atoms with E-state index in [1.165, 1.54) is 11.6 Å². The van der Waals surface area contributed by atoms with Crippen molar-refractivity contribution in [2.45, 2.75) is 13.5 Å². The predicted molar refractivity (Wildman–Crippen MR) is 104 cm³/mol. The molecule has 1 amide bonds. The molecule has 1 aromatic heterocycles. The molecule has 1 N–H and O–H groups in total. The molecule has 0 aliphatic rings. The van der Waals surface area contributed by atoms with Gasteiger partial charge in [0.1, 0.15) is 6.54 Å². The summed E-state index contributed by atoms with van der Waals surface area (Å²) in [5, 5.41) is 2.97. The number of aromatic nitrogens is 2. The molecule has 0 atom stereocenters. The highest BCUT2D eigenvalue weighted by atomic mass is 16.5. The van der Waals surface area contributed by atoms with Gasteiger partial charge in [-0.1, -0.05) is 24.3 Å². The van der Waals surface area contributed by atoms with Gasteiger partial charge in [0.05, 0.1) is 28.8 Å². The van der Waals surface area contributed by atoms with Gasteiger partial charge in [0.2, 0.25) is 5.91 Å². The lowest BCUT2D eigenvalue weighted by Gasteiger charge is -2.13. The number of nitrogens with zero attached hydrogens (tertiary/aromatic N) is 2. The van der Waals surface area contributed by atoms with Crippen molar-refractivity contribution in [3.63, 3.8) is 0 Å². The Morgan fingerprint density at radius 1 is 1.04 bits per heavy atom. The van der Waals surface area contributed by atoms with E-state index in [1.54, 1.807) is 55.5 Å². The second-order valence-electron chi connectivity index (χ2n) is 6.06. The smallest absolute Gasteiger partial charge is 0.340 e. The summed E-state index contributed by atoms with van der Waals surface area (Å²) < 4.78 is 7.17. The van der Waals surface area contributed by atoms with Gasteiger partial charge in [-0.2, -0.15) is 0 Å². The van der Waals surface area contributed by atoms with Crippen LogP contribution in [0.2, 0.25) is 0 Å². The van der Waals surface area contributed by atoms with Gasteiger partial charge in [0.25, 0.3) is 5.56 Å². The summed E-state index contributed by atoms with van der Waals surface area (Å²) in [6.07, 6.45) is 0. The van der Waals surface area contributed by atoms with Gasteiger partial charge in [0, 0.05) is 7.05 Å². The first-order valence-electron chi connectivity index (χ1n) is 8.68. The number of nitrogens with one attached hydrogen (secondary N) is 1. The van der Waals surface area contributed by atoms with Crippen molar-refractivity contribution in [1.29, 1.82) is 0 Å². The Morgan fingerprint density at radius 2 is 1.71 bits per heavy atom. The van der Waals surface area contributed by atoms with Crippen molar-refractivity contribution in [1.82, 2.24) is 9.13 Å². The number of hydrogen-bond acceptors (Lipinski definition) is 5. The molecule has 28 heavy (non-hydrogen) atoms. The summed E-state index contributed by atoms with van der Waals surface area (Å²) in [5.74, 6) is -1.06. The molecular weight excluding hydrogens is 362 g/mol. The average molecular weight is 381 g/mol. The van der Waals surface area contributed by atoms with Crippen LogP contribution in [0.3, 0.4) is 0 Å². The largest absolute Gasteiger partial charge is 0.462 e. The molecule has 1 heterocycles. The maximum atomic E-state index is 12.6. The topological polar surface area (TPSA) is 99.4 Å². The second kappa shape index (κ2) is 7.91. The number of hydrogen-bond donors (Lipinski definition) is 1. The second-order valence-corrected chi connectivity index (χ2v) is 6.06. The molecule has 0 saturated carbocycles. The van der Waals surface area contributed by atoms with Crippen molar-refractivity contribution >= 4 is 28.5 Å². The molecule has 8 nitrogen and oxygen atoms in total. The molecule has 0 fully saturated rings. The first-order chi connectivity index (χ1) is 13.4. The van der Waals surface area contributed by atoms with Crippen molar-refractivity contribution in [2.24, 2.45) is 7.05 Å². The number of esters is 1. The SMILES string of the molecule is CCOC(=O)c1ccccc1NC(=O)Cn1c(=O)n(C)c(=O)c2ccccc21. The normalized spacial score (nSPS) is 10.6. The van der Waals surface area contributed by atoms with E-state index in [0.717, 1.165) is 4.57 Å². The van der Waals surface area contributed by atoms with Crippen LogP contribution in [0.15, 0.2) is 58.1 Å². The molecule has 0 radical (unpaired) electrons. The average Bonchev–Trinajstić information content (AvgIpc) is 2.70. The summed E-state index contributed by atoms with van der Waals surface area (Å²) in [6, 6.07) is 13.0. The third-order valence-electron chi connectivity index (χ3n) is 4.25. The number of para-hydroxylation sites is 2. The van der Waals surface area contributed by atoms with Crippen LogP contribution in [0, 0.1) is 0 Å². The number of carbonyl (C=O) groups excluding carboxylic acids is 2. The Labute approximate surface area is 160 Å². The third-order valence-corrected chi connectivity index (χ3v) is 4.25. The van der Waals surface area contributed by atoms with Crippen molar-refractivity contribution in [3.8, 4) is 0 Å². The first-order valence-corrected chi connectivity index (χ1v) is 8.68. The van der Waals surface area contributed by atoms with E-state index in [0.29, 0.717) is 10.9 Å². The number of benzene rings is 2. The van der Waals surface area contributed by atoms with Crippen LogP contribution in [-0.4, -0.2) is 27.6 Å². The van der Waals surface area contributed by atoms with Crippen LogP contribution in [-0.2, 0) is 23.1 Å². The Hall–Kier alpha value is -3.68. The van der Waals surface area contributed by atoms with Gasteiger partial charge in [-0.25, -0.2) is 9.59 Å². The van der Waals surface area contributed by atoms with Gasteiger partial charge >= 0.3 is 11.7 Å². The predicted octanol–water partition coefficient (Wildman–Crippen LogP) is 1.52. The molecule has 2 aromatic carbocycles. The minimum absolute atomic E-state index is 0.209. The fourth-order valence-corrected chi connectivity index (χ4v) is 2.91. The van der Waals surface area contributed by atoms with Gasteiger partial charge in [-0.3, -0.25) is 18.7 Å². The standard InChI is InChI=1S/C20H19N3O5/c1-3-28-19(26)13-8-4-6-10-15(13)21-17(24)12-23-16-11-7-5-9-14(16)18(25)22(2)20(23)27/h4-11H,3,12H2,1-2H3,(H,21,24). The molecule has 3 aromatic rings. The highest BCUT2D eigenvalue weighted by Crippen LogP contribution is 2.16. The molecule has 0 unspecified atom stereocenters. The van der Waals surface area contributed by atoms with Gasteiger partial charge < -0.3 is 10.1 Å². The zero-order chi connectivity index (χ0) is 20.3. The molecule has 144 valence electrons. The van der Waals surface area contributed by atoms with Crippen LogP contribution >= 0.6 is 0 Å². The molecule has 0 spiro atoms. The molecule has 3 rings (SSSR count). The number of carbonyl (C=O) groups is 2. The van der Waals surface area contributed by atoms with Gasteiger partial charge in [-0.15, -0.1) is 0 Å². The fourth-order valence-electron chi connectivity index (χ4n) is 2.91.